The van der Waals surface area contributed by atoms with E-state index >= 15 is 0 Å². The molecular weight excluding hydrogens is 473 g/mol. The van der Waals surface area contributed by atoms with Crippen molar-refractivity contribution in [1.29, 1.82) is 5.41 Å². The van der Waals surface area contributed by atoms with Crippen molar-refractivity contribution in [3.63, 3.8) is 0 Å². The molecule has 0 radical (unpaired) electrons. The molecule has 8 nitrogen and oxygen atoms in total. The summed E-state index contributed by atoms with van der Waals surface area (Å²) >= 11 is 0. The summed E-state index contributed by atoms with van der Waals surface area (Å²) in [6.45, 7) is 4.43. The zero-order chi connectivity index (χ0) is 25.7. The van der Waals surface area contributed by atoms with E-state index in [0.717, 1.165) is 44.5 Å². The summed E-state index contributed by atoms with van der Waals surface area (Å²) in [4.78, 5) is 24.6. The molecule has 194 valence electrons. The Balaban J connectivity index is 1.40. The SMILES string of the molecule is CC(=O)N1CCC(Nc2nc(N3CCCC(COc4ccccc4C(F)(F)F)C3)cnc2C=N)CC1. The minimum absolute atomic E-state index is 0.0385. The summed E-state index contributed by atoms with van der Waals surface area (Å²) in [5.74, 6) is 1.14. The molecule has 0 aliphatic carbocycles. The highest BCUT2D eigenvalue weighted by molar-refractivity contribution is 5.82. The second-order valence-corrected chi connectivity index (χ2v) is 9.29. The number of carbonyl (C=O) groups excluding carboxylic acids is 1. The van der Waals surface area contributed by atoms with E-state index in [1.165, 1.54) is 18.2 Å². The molecule has 2 saturated heterocycles. The molecule has 2 aliphatic rings. The first-order valence-electron chi connectivity index (χ1n) is 12.2. The van der Waals surface area contributed by atoms with E-state index in [0.29, 0.717) is 37.0 Å². The van der Waals surface area contributed by atoms with E-state index in [4.69, 9.17) is 15.1 Å². The highest BCUT2D eigenvalue weighted by Crippen LogP contribution is 2.36. The number of hydrogen-bond acceptors (Lipinski definition) is 7. The third-order valence-electron chi connectivity index (χ3n) is 6.72. The van der Waals surface area contributed by atoms with Gasteiger partial charge < -0.3 is 25.3 Å². The number of anilines is 2. The van der Waals surface area contributed by atoms with Gasteiger partial charge in [0.1, 0.15) is 17.3 Å². The van der Waals surface area contributed by atoms with Gasteiger partial charge in [-0.3, -0.25) is 4.79 Å². The number of nitrogens with one attached hydrogen (secondary N) is 2. The van der Waals surface area contributed by atoms with Crippen LogP contribution in [0.1, 0.15) is 43.9 Å². The number of ether oxygens (including phenoxy) is 1. The molecule has 1 aromatic heterocycles. The average molecular weight is 505 g/mol. The maximum Gasteiger partial charge on any atom is 0.419 e. The Morgan fingerprint density at radius 1 is 1.22 bits per heavy atom. The predicted molar refractivity (Wildman–Crippen MR) is 131 cm³/mol. The summed E-state index contributed by atoms with van der Waals surface area (Å²) in [6.07, 6.45) is 1.59. The van der Waals surface area contributed by atoms with Crippen LogP contribution in [-0.2, 0) is 11.0 Å². The number of benzene rings is 1. The largest absolute Gasteiger partial charge is 0.493 e. The average Bonchev–Trinajstić information content (AvgIpc) is 2.87. The van der Waals surface area contributed by atoms with E-state index in [1.807, 2.05) is 4.90 Å². The van der Waals surface area contributed by atoms with Crippen molar-refractivity contribution in [2.24, 2.45) is 5.92 Å². The number of carbonyl (C=O) groups is 1. The standard InChI is InChI=1S/C25H31F3N6O2/c1-17(35)33-11-8-19(9-12-33)31-24-21(13-29)30-14-23(32-24)34-10-4-5-18(15-34)16-36-22-7-3-2-6-20(22)25(26,27)28/h2-3,6-7,13-14,18-19,29H,4-5,8-12,15-16H2,1H3,(H,31,32). The fraction of sp³-hybridized carbons (Fsp3) is 0.520. The van der Waals surface area contributed by atoms with Gasteiger partial charge in [-0.1, -0.05) is 12.1 Å². The molecule has 3 heterocycles. The van der Waals surface area contributed by atoms with Crippen LogP contribution in [0.2, 0.25) is 0 Å². The number of alkyl halides is 3. The molecule has 2 N–H and O–H groups in total. The summed E-state index contributed by atoms with van der Waals surface area (Å²) < 4.78 is 45.5. The summed E-state index contributed by atoms with van der Waals surface area (Å²) in [5, 5.41) is 11.1. The van der Waals surface area contributed by atoms with Gasteiger partial charge in [0.15, 0.2) is 5.82 Å². The summed E-state index contributed by atoms with van der Waals surface area (Å²) in [5.41, 5.74) is -0.330. The first kappa shape index (κ1) is 25.7. The fourth-order valence-electron chi connectivity index (χ4n) is 4.73. The number of rotatable bonds is 7. The summed E-state index contributed by atoms with van der Waals surface area (Å²) in [7, 11) is 0. The number of para-hydroxylation sites is 1. The molecule has 1 amide bonds. The van der Waals surface area contributed by atoms with E-state index < -0.39 is 11.7 Å². The molecule has 2 aromatic rings. The number of piperidine rings is 2. The molecule has 0 saturated carbocycles. The Hall–Kier alpha value is -3.37. The quantitative estimate of drug-likeness (QED) is 0.549. The lowest BCUT2D eigenvalue weighted by molar-refractivity contribution is -0.139. The van der Waals surface area contributed by atoms with Crippen LogP contribution >= 0.6 is 0 Å². The number of likely N-dealkylation sites (tertiary alicyclic amines) is 1. The number of aromatic nitrogens is 2. The first-order chi connectivity index (χ1) is 17.2. The highest BCUT2D eigenvalue weighted by Gasteiger charge is 2.34. The first-order valence-corrected chi connectivity index (χ1v) is 12.2. The maximum atomic E-state index is 13.3. The minimum atomic E-state index is -4.46. The van der Waals surface area contributed by atoms with Crippen LogP contribution in [0.25, 0.3) is 0 Å². The summed E-state index contributed by atoms with van der Waals surface area (Å²) in [6, 6.07) is 5.40. The lowest BCUT2D eigenvalue weighted by atomic mass is 9.99. The molecule has 1 unspecified atom stereocenters. The van der Waals surface area contributed by atoms with Crippen molar-refractivity contribution in [2.45, 2.75) is 44.8 Å². The molecule has 4 rings (SSSR count). The van der Waals surface area contributed by atoms with E-state index in [9.17, 15) is 18.0 Å². The Labute approximate surface area is 208 Å². The Kier molecular flexibility index (Phi) is 7.95. The topological polar surface area (TPSA) is 94.4 Å². The zero-order valence-corrected chi connectivity index (χ0v) is 20.2. The van der Waals surface area contributed by atoms with Crippen molar-refractivity contribution >= 4 is 23.8 Å². The van der Waals surface area contributed by atoms with Gasteiger partial charge in [-0.2, -0.15) is 13.2 Å². The van der Waals surface area contributed by atoms with Crippen molar-refractivity contribution in [1.82, 2.24) is 14.9 Å². The Bertz CT molecular complexity index is 1070. The van der Waals surface area contributed by atoms with Crippen LogP contribution in [0, 0.1) is 11.3 Å². The van der Waals surface area contributed by atoms with E-state index in [1.54, 1.807) is 13.1 Å². The molecule has 1 atom stereocenters. The van der Waals surface area contributed by atoms with Gasteiger partial charge in [-0.05, 0) is 37.8 Å². The number of halogens is 3. The Morgan fingerprint density at radius 3 is 2.67 bits per heavy atom. The van der Waals surface area contributed by atoms with Crippen LogP contribution < -0.4 is 15.0 Å². The minimum Gasteiger partial charge on any atom is -0.493 e. The van der Waals surface area contributed by atoms with Crippen molar-refractivity contribution in [3.8, 4) is 5.75 Å². The van der Waals surface area contributed by atoms with Crippen molar-refractivity contribution in [2.75, 3.05) is 43.0 Å². The van der Waals surface area contributed by atoms with Gasteiger partial charge in [-0.25, -0.2) is 9.97 Å². The molecule has 2 fully saturated rings. The molecule has 11 heteroatoms. The van der Waals surface area contributed by atoms with E-state index in [-0.39, 0.29) is 30.2 Å². The highest BCUT2D eigenvalue weighted by atomic mass is 19.4. The smallest absolute Gasteiger partial charge is 0.419 e. The van der Waals surface area contributed by atoms with Crippen LogP contribution in [-0.4, -0.2) is 65.8 Å². The van der Waals surface area contributed by atoms with Gasteiger partial charge in [-0.15, -0.1) is 0 Å². The van der Waals surface area contributed by atoms with Crippen LogP contribution in [0.3, 0.4) is 0 Å². The molecule has 0 bridgehead atoms. The van der Waals surface area contributed by atoms with E-state index in [2.05, 4.69) is 15.2 Å². The van der Waals surface area contributed by atoms with Crippen LogP contribution in [0.15, 0.2) is 30.5 Å². The zero-order valence-electron chi connectivity index (χ0n) is 20.2. The molecule has 2 aliphatic heterocycles. The van der Waals surface area contributed by atoms with Gasteiger partial charge in [0.05, 0.1) is 18.4 Å². The van der Waals surface area contributed by atoms with Crippen molar-refractivity contribution in [3.05, 3.63) is 41.7 Å². The van der Waals surface area contributed by atoms with Gasteiger partial charge in [0.25, 0.3) is 0 Å². The molecule has 36 heavy (non-hydrogen) atoms. The lowest BCUT2D eigenvalue weighted by Crippen LogP contribution is -2.41. The fourth-order valence-corrected chi connectivity index (χ4v) is 4.73. The van der Waals surface area contributed by atoms with Gasteiger partial charge in [0.2, 0.25) is 5.91 Å². The molecule has 1 aromatic carbocycles. The normalized spacial score (nSPS) is 19.2. The third-order valence-corrected chi connectivity index (χ3v) is 6.72. The van der Waals surface area contributed by atoms with Crippen molar-refractivity contribution < 1.29 is 22.7 Å². The van der Waals surface area contributed by atoms with Gasteiger partial charge >= 0.3 is 6.18 Å². The van der Waals surface area contributed by atoms with Crippen LogP contribution in [0.4, 0.5) is 24.8 Å². The second-order valence-electron chi connectivity index (χ2n) is 9.29. The second kappa shape index (κ2) is 11.1. The van der Waals surface area contributed by atoms with Gasteiger partial charge in [0, 0.05) is 51.3 Å². The molecule has 0 spiro atoms. The maximum absolute atomic E-state index is 13.3. The lowest BCUT2D eigenvalue weighted by Gasteiger charge is -2.34. The number of nitrogens with zero attached hydrogens (tertiary/aromatic N) is 4. The molecular formula is C25H31F3N6O2. The number of amides is 1. The third kappa shape index (κ3) is 6.24. The number of hydrogen-bond donors (Lipinski definition) is 2. The predicted octanol–water partition coefficient (Wildman–Crippen LogP) is 4.21. The Morgan fingerprint density at radius 2 is 1.97 bits per heavy atom. The monoisotopic (exact) mass is 504 g/mol. The van der Waals surface area contributed by atoms with Crippen LogP contribution in [0.5, 0.6) is 5.75 Å².